The minimum atomic E-state index is -1.31. The van der Waals surface area contributed by atoms with E-state index < -0.39 is 41.1 Å². The summed E-state index contributed by atoms with van der Waals surface area (Å²) in [4.78, 5) is 41.2. The van der Waals surface area contributed by atoms with E-state index in [-0.39, 0.29) is 23.9 Å². The van der Waals surface area contributed by atoms with Crippen molar-refractivity contribution in [3.05, 3.63) is 24.3 Å². The molecule has 168 valence electrons. The Balaban J connectivity index is 2.45. The van der Waals surface area contributed by atoms with Crippen molar-refractivity contribution in [1.82, 2.24) is 0 Å². The monoisotopic (exact) mass is 424 g/mol. The van der Waals surface area contributed by atoms with Gasteiger partial charge in [0.25, 0.3) is 0 Å². The van der Waals surface area contributed by atoms with E-state index in [1.807, 2.05) is 6.92 Å². The molecule has 0 aliphatic heterocycles. The number of hydrogen-bond acceptors (Lipinski definition) is 8. The smallest absolute Gasteiger partial charge is 0.333 e. The van der Waals surface area contributed by atoms with Crippen LogP contribution in [0, 0.1) is 17.3 Å². The Hall–Kier alpha value is -2.19. The number of carbonyl (C=O) groups is 3. The molecule has 0 aromatic carbocycles. The minimum absolute atomic E-state index is 0.0699. The Labute approximate surface area is 177 Å². The molecule has 0 saturated heterocycles. The molecule has 0 aromatic rings. The topological polar surface area (TPSA) is 108 Å². The molecule has 0 aromatic heterocycles. The average molecular weight is 424 g/mol. The van der Waals surface area contributed by atoms with E-state index >= 15 is 0 Å². The second-order valence-electron chi connectivity index (χ2n) is 8.80. The van der Waals surface area contributed by atoms with Gasteiger partial charge in [0.2, 0.25) is 0 Å². The maximum Gasteiger partial charge on any atom is 0.333 e. The molecular weight excluding hydrogens is 392 g/mol. The molecule has 8 heteroatoms. The van der Waals surface area contributed by atoms with Crippen molar-refractivity contribution in [3.63, 3.8) is 0 Å². The van der Waals surface area contributed by atoms with E-state index in [1.54, 1.807) is 13.8 Å². The van der Waals surface area contributed by atoms with Gasteiger partial charge in [0.15, 0.2) is 0 Å². The van der Waals surface area contributed by atoms with Gasteiger partial charge in [-0.15, -0.1) is 0 Å². The van der Waals surface area contributed by atoms with Crippen LogP contribution < -0.4 is 0 Å². The summed E-state index contributed by atoms with van der Waals surface area (Å²) < 4.78 is 15.9. The lowest BCUT2D eigenvalue weighted by atomic mass is 9.52. The first-order valence-electron chi connectivity index (χ1n) is 10.1. The molecule has 8 nitrogen and oxygen atoms in total. The summed E-state index contributed by atoms with van der Waals surface area (Å²) in [6.45, 7) is 14.6. The summed E-state index contributed by atoms with van der Waals surface area (Å²) in [5.41, 5.74) is -1.47. The van der Waals surface area contributed by atoms with Crippen molar-refractivity contribution in [1.29, 1.82) is 0 Å². The van der Waals surface area contributed by atoms with Crippen molar-refractivity contribution < 1.29 is 38.7 Å². The number of carbonyl (C=O) groups excluding carboxylic acids is 3. The number of rotatable bonds is 6. The van der Waals surface area contributed by atoms with Crippen LogP contribution in [0.15, 0.2) is 24.3 Å². The molecule has 0 radical (unpaired) electrons. The van der Waals surface area contributed by atoms with Crippen LogP contribution in [0.4, 0.5) is 0 Å². The fourth-order valence-electron chi connectivity index (χ4n) is 4.72. The van der Waals surface area contributed by atoms with Gasteiger partial charge in [-0.3, -0.25) is 14.8 Å². The molecule has 2 aliphatic carbocycles. The van der Waals surface area contributed by atoms with Crippen molar-refractivity contribution in [2.24, 2.45) is 17.3 Å². The Kier molecular flexibility index (Phi) is 7.14. The van der Waals surface area contributed by atoms with Gasteiger partial charge in [-0.05, 0) is 31.3 Å². The standard InChI is InChI=1S/C22H32O8/c1-12(2)19(24)29-17-8-9-21(6)11-18(28-15(5)23)16(13(3)20(25)27-7)10-22(21,30-26)14(17)4/h12,16-18,26H,3-4,8-11H2,1-2,5-7H3/t16-,17+,18-,21-,22-/m1/s1. The first-order chi connectivity index (χ1) is 13.9. The average Bonchev–Trinajstić information content (AvgIpc) is 2.68. The van der Waals surface area contributed by atoms with Crippen LogP contribution in [0.3, 0.4) is 0 Å². The fraction of sp³-hybridized carbons (Fsp3) is 0.682. The van der Waals surface area contributed by atoms with Gasteiger partial charge in [0, 0.05) is 23.8 Å². The zero-order chi connectivity index (χ0) is 22.9. The van der Waals surface area contributed by atoms with E-state index in [4.69, 9.17) is 19.1 Å². The number of esters is 3. The summed E-state index contributed by atoms with van der Waals surface area (Å²) in [5.74, 6) is -2.48. The first kappa shape index (κ1) is 24.1. The lowest BCUT2D eigenvalue weighted by Gasteiger charge is -2.58. The molecule has 0 amide bonds. The maximum absolute atomic E-state index is 12.2. The quantitative estimate of drug-likeness (QED) is 0.173. The largest absolute Gasteiger partial charge is 0.466 e. The molecule has 2 aliphatic rings. The van der Waals surface area contributed by atoms with Crippen molar-refractivity contribution >= 4 is 17.9 Å². The molecule has 1 N–H and O–H groups in total. The van der Waals surface area contributed by atoms with Crippen LogP contribution >= 0.6 is 0 Å². The molecular formula is C22H32O8. The van der Waals surface area contributed by atoms with E-state index in [9.17, 15) is 19.6 Å². The third-order valence-electron chi connectivity index (χ3n) is 6.55. The van der Waals surface area contributed by atoms with Gasteiger partial charge >= 0.3 is 17.9 Å². The Morgan fingerprint density at radius 3 is 2.33 bits per heavy atom. The van der Waals surface area contributed by atoms with Crippen LogP contribution in [-0.4, -0.2) is 48.1 Å². The minimum Gasteiger partial charge on any atom is -0.466 e. The molecule has 0 unspecified atom stereocenters. The molecule has 0 bridgehead atoms. The zero-order valence-electron chi connectivity index (χ0n) is 18.4. The van der Waals surface area contributed by atoms with Crippen molar-refractivity contribution in [2.45, 2.75) is 71.2 Å². The molecule has 0 heterocycles. The lowest BCUT2D eigenvalue weighted by Crippen LogP contribution is -2.62. The van der Waals surface area contributed by atoms with Gasteiger partial charge < -0.3 is 14.2 Å². The van der Waals surface area contributed by atoms with Gasteiger partial charge in [-0.2, -0.15) is 0 Å². The predicted octanol–water partition coefficient (Wildman–Crippen LogP) is 3.21. The Bertz CT molecular complexity index is 741. The third-order valence-corrected chi connectivity index (χ3v) is 6.55. The molecule has 5 atom stereocenters. The van der Waals surface area contributed by atoms with E-state index in [1.165, 1.54) is 14.0 Å². The van der Waals surface area contributed by atoms with Gasteiger partial charge in [0.1, 0.15) is 17.8 Å². The highest BCUT2D eigenvalue weighted by Gasteiger charge is 2.63. The predicted molar refractivity (Wildman–Crippen MR) is 107 cm³/mol. The first-order valence-corrected chi connectivity index (χ1v) is 10.1. The summed E-state index contributed by atoms with van der Waals surface area (Å²) in [5, 5.41) is 10.1. The number of ether oxygens (including phenoxy) is 3. The molecule has 2 fully saturated rings. The van der Waals surface area contributed by atoms with E-state index in [2.05, 4.69) is 13.2 Å². The van der Waals surface area contributed by atoms with Gasteiger partial charge in [0.05, 0.1) is 13.0 Å². The highest BCUT2D eigenvalue weighted by Crippen LogP contribution is 2.59. The zero-order valence-corrected chi connectivity index (χ0v) is 18.4. The molecule has 0 spiro atoms. The van der Waals surface area contributed by atoms with E-state index in [0.29, 0.717) is 24.8 Å². The van der Waals surface area contributed by atoms with Crippen molar-refractivity contribution in [3.8, 4) is 0 Å². The number of fused-ring (bicyclic) bond motifs is 1. The van der Waals surface area contributed by atoms with Crippen molar-refractivity contribution in [2.75, 3.05) is 7.11 Å². The number of methoxy groups -OCH3 is 1. The molecule has 30 heavy (non-hydrogen) atoms. The van der Waals surface area contributed by atoms with Gasteiger partial charge in [-0.25, -0.2) is 9.68 Å². The lowest BCUT2D eigenvalue weighted by molar-refractivity contribution is -0.362. The maximum atomic E-state index is 12.2. The van der Waals surface area contributed by atoms with Gasteiger partial charge in [-0.1, -0.05) is 33.9 Å². The summed E-state index contributed by atoms with van der Waals surface area (Å²) in [7, 11) is 1.24. The summed E-state index contributed by atoms with van der Waals surface area (Å²) in [6, 6.07) is 0. The van der Waals surface area contributed by atoms with Crippen LogP contribution in [-0.2, 0) is 33.5 Å². The fourth-order valence-corrected chi connectivity index (χ4v) is 4.72. The van der Waals surface area contributed by atoms with Crippen LogP contribution in [0.1, 0.15) is 53.4 Å². The van der Waals surface area contributed by atoms with Crippen LogP contribution in [0.2, 0.25) is 0 Å². The number of hydrogen-bond donors (Lipinski definition) is 1. The SMILES string of the molecule is C=C(C(=O)OC)[C@H]1C[C@@]2(OO)C(=C)[C@@H](OC(=O)C(C)C)CC[C@]2(C)C[C@H]1OC(C)=O. The Morgan fingerprint density at radius 1 is 1.20 bits per heavy atom. The Morgan fingerprint density at radius 2 is 1.83 bits per heavy atom. The summed E-state index contributed by atoms with van der Waals surface area (Å²) in [6.07, 6.45) is 0.104. The second-order valence-corrected chi connectivity index (χ2v) is 8.80. The third kappa shape index (κ3) is 4.16. The van der Waals surface area contributed by atoms with Crippen LogP contribution in [0.5, 0.6) is 0 Å². The van der Waals surface area contributed by atoms with E-state index in [0.717, 1.165) is 0 Å². The normalized spacial score (nSPS) is 33.4. The molecule has 2 rings (SSSR count). The highest BCUT2D eigenvalue weighted by molar-refractivity contribution is 5.88. The summed E-state index contributed by atoms with van der Waals surface area (Å²) >= 11 is 0. The highest BCUT2D eigenvalue weighted by atomic mass is 17.1. The second kappa shape index (κ2) is 8.89. The molecule has 2 saturated carbocycles. The van der Waals surface area contributed by atoms with Crippen LogP contribution in [0.25, 0.3) is 0 Å².